The molecule has 0 saturated carbocycles. The molecule has 4 rings (SSSR count). The maximum Gasteiger partial charge on any atom is 0.277 e. The van der Waals surface area contributed by atoms with Crippen molar-refractivity contribution >= 4 is 9.84 Å². The third-order valence-electron chi connectivity index (χ3n) is 6.18. The Kier molecular flexibility index (Phi) is 8.33. The summed E-state index contributed by atoms with van der Waals surface area (Å²) in [7, 11) is -2.98. The number of methoxy groups -OCH3 is 1. The van der Waals surface area contributed by atoms with Gasteiger partial charge in [0.2, 0.25) is 15.7 Å². The second-order valence-corrected chi connectivity index (χ2v) is 10.6. The van der Waals surface area contributed by atoms with Crippen molar-refractivity contribution in [1.29, 1.82) is 0 Å². The molecule has 0 bridgehead atoms. The minimum absolute atomic E-state index is 0.0886. The lowest BCUT2D eigenvalue weighted by molar-refractivity contribution is 0.165. The van der Waals surface area contributed by atoms with Crippen molar-refractivity contribution in [3.8, 4) is 17.0 Å². The molecule has 1 N–H and O–H groups in total. The molecule has 0 aliphatic heterocycles. The summed E-state index contributed by atoms with van der Waals surface area (Å²) in [6.07, 6.45) is 4.38. The number of sulfone groups is 1. The Morgan fingerprint density at radius 2 is 1.76 bits per heavy atom. The highest BCUT2D eigenvalue weighted by Gasteiger charge is 2.32. The molecule has 198 valence electrons. The van der Waals surface area contributed by atoms with Gasteiger partial charge in [0, 0.05) is 25.3 Å². The summed E-state index contributed by atoms with van der Waals surface area (Å²) < 4.78 is 47.6. The maximum atomic E-state index is 13.9. The first kappa shape index (κ1) is 27.2. The molecule has 1 atom stereocenters. The van der Waals surface area contributed by atoms with Gasteiger partial charge in [0.25, 0.3) is 5.56 Å². The number of hydrogen-bond donors (Lipinski definition) is 1. The smallest absolute Gasteiger partial charge is 0.277 e. The van der Waals surface area contributed by atoms with Crippen molar-refractivity contribution in [3.05, 3.63) is 101 Å². The molecule has 10 heteroatoms. The Morgan fingerprint density at radius 3 is 2.39 bits per heavy atom. The Hall–Kier alpha value is -3.89. The summed E-state index contributed by atoms with van der Waals surface area (Å²) in [6.45, 7) is 2.07. The Labute approximate surface area is 220 Å². The van der Waals surface area contributed by atoms with E-state index < -0.39 is 38.0 Å². The number of pyridine rings is 1. The van der Waals surface area contributed by atoms with Gasteiger partial charge in [-0.25, -0.2) is 12.8 Å². The molecule has 2 aromatic heterocycles. The van der Waals surface area contributed by atoms with Crippen molar-refractivity contribution in [2.24, 2.45) is 0 Å². The average Bonchev–Trinajstić information content (AvgIpc) is 2.91. The monoisotopic (exact) mass is 537 g/mol. The van der Waals surface area contributed by atoms with Crippen molar-refractivity contribution < 1.29 is 22.7 Å². The van der Waals surface area contributed by atoms with Crippen LogP contribution in [0.5, 0.6) is 5.88 Å². The fraction of sp³-hybridized carbons (Fsp3) is 0.250. The van der Waals surface area contributed by atoms with Crippen molar-refractivity contribution in [2.45, 2.75) is 42.0 Å². The van der Waals surface area contributed by atoms with E-state index in [0.29, 0.717) is 24.0 Å². The molecule has 0 amide bonds. The Morgan fingerprint density at radius 1 is 1.05 bits per heavy atom. The number of ether oxygens (including phenoxy) is 1. The third-order valence-corrected chi connectivity index (χ3v) is 7.96. The van der Waals surface area contributed by atoms with Gasteiger partial charge in [-0.05, 0) is 35.7 Å². The number of rotatable bonds is 10. The van der Waals surface area contributed by atoms with E-state index >= 15 is 0 Å². The number of benzene rings is 2. The van der Waals surface area contributed by atoms with Crippen molar-refractivity contribution in [3.63, 3.8) is 0 Å². The van der Waals surface area contributed by atoms with E-state index in [0.717, 1.165) is 18.2 Å². The fourth-order valence-corrected chi connectivity index (χ4v) is 5.63. The largest absolute Gasteiger partial charge is 0.492 e. The first-order valence-electron chi connectivity index (χ1n) is 12.1. The Bertz CT molecular complexity index is 1570. The van der Waals surface area contributed by atoms with Gasteiger partial charge in [0.05, 0.1) is 23.7 Å². The number of halogens is 1. The second kappa shape index (κ2) is 11.7. The molecule has 0 unspecified atom stereocenters. The minimum atomic E-state index is -4.47. The molecule has 0 spiro atoms. The summed E-state index contributed by atoms with van der Waals surface area (Å²) in [4.78, 5) is 20.9. The number of hydrogen-bond acceptors (Lipinski definition) is 7. The fourth-order valence-electron chi connectivity index (χ4n) is 4.28. The maximum absolute atomic E-state index is 13.9. The van der Waals surface area contributed by atoms with Crippen LogP contribution >= 0.6 is 0 Å². The zero-order valence-corrected chi connectivity index (χ0v) is 21.9. The van der Waals surface area contributed by atoms with Crippen LogP contribution in [0.2, 0.25) is 0 Å². The van der Waals surface area contributed by atoms with Gasteiger partial charge in [0.15, 0.2) is 4.90 Å². The van der Waals surface area contributed by atoms with E-state index in [-0.39, 0.29) is 17.3 Å². The van der Waals surface area contributed by atoms with Crippen LogP contribution in [0.4, 0.5) is 4.39 Å². The zero-order chi connectivity index (χ0) is 27.3. The molecule has 4 aromatic rings. The van der Waals surface area contributed by atoms with E-state index in [4.69, 9.17) is 4.74 Å². The summed E-state index contributed by atoms with van der Waals surface area (Å²) in [5, 5.41) is 10.8. The van der Waals surface area contributed by atoms with Crippen LogP contribution in [0.25, 0.3) is 11.1 Å². The van der Waals surface area contributed by atoms with E-state index in [1.54, 1.807) is 0 Å². The molecule has 2 heterocycles. The summed E-state index contributed by atoms with van der Waals surface area (Å²) >= 11 is 0. The lowest BCUT2D eigenvalue weighted by Gasteiger charge is -2.24. The summed E-state index contributed by atoms with van der Waals surface area (Å²) in [5.41, 5.74) is 0.854. The Balaban J connectivity index is 1.86. The van der Waals surface area contributed by atoms with Gasteiger partial charge in [-0.3, -0.25) is 14.3 Å². The topological polar surface area (TPSA) is 111 Å². The van der Waals surface area contributed by atoms with Gasteiger partial charge in [-0.1, -0.05) is 55.8 Å². The SMILES string of the molecule is CCCCc1nc(O)c(S(=O)(=O)c2ccc(-c3cncc(F)c3)cc2)c(=O)n1[C@@H](COC)c1ccccc1. The van der Waals surface area contributed by atoms with Crippen LogP contribution < -0.4 is 5.56 Å². The van der Waals surface area contributed by atoms with Crippen LogP contribution in [0.15, 0.2) is 87.6 Å². The predicted octanol–water partition coefficient (Wildman–Crippen LogP) is 4.56. The standard InChI is InChI=1S/C28H28FN3O5S/c1-3-4-10-25-31-27(33)26(28(34)32(25)24(18-37-2)20-8-6-5-7-9-20)38(35,36)23-13-11-19(12-14-23)21-15-22(29)17-30-16-21/h5-9,11-17,24,33H,3-4,10,18H2,1-2H3/t24-/m0/s1. The molecule has 0 radical (unpaired) electrons. The molecule has 2 aromatic carbocycles. The average molecular weight is 538 g/mol. The van der Waals surface area contributed by atoms with Gasteiger partial charge < -0.3 is 9.84 Å². The van der Waals surface area contributed by atoms with Gasteiger partial charge in [-0.15, -0.1) is 0 Å². The molecule has 0 fully saturated rings. The molecular formula is C28H28FN3O5S. The first-order valence-corrected chi connectivity index (χ1v) is 13.6. The van der Waals surface area contributed by atoms with Crippen LogP contribution in [-0.4, -0.2) is 41.8 Å². The second-order valence-electron chi connectivity index (χ2n) is 8.76. The lowest BCUT2D eigenvalue weighted by atomic mass is 10.1. The van der Waals surface area contributed by atoms with Crippen LogP contribution in [0.3, 0.4) is 0 Å². The van der Waals surface area contributed by atoms with Gasteiger partial charge in [-0.2, -0.15) is 4.98 Å². The third kappa shape index (κ3) is 5.51. The highest BCUT2D eigenvalue weighted by molar-refractivity contribution is 7.91. The predicted molar refractivity (Wildman–Crippen MR) is 140 cm³/mol. The number of aromatic hydroxyl groups is 1. The molecule has 0 aliphatic rings. The zero-order valence-electron chi connectivity index (χ0n) is 21.0. The van der Waals surface area contributed by atoms with E-state index in [1.165, 1.54) is 48.2 Å². The summed E-state index contributed by atoms with van der Waals surface area (Å²) in [6, 6.07) is 15.3. The van der Waals surface area contributed by atoms with Crippen LogP contribution in [0.1, 0.15) is 37.2 Å². The number of aryl methyl sites for hydroxylation is 1. The molecule has 0 saturated heterocycles. The van der Waals surface area contributed by atoms with E-state index in [1.807, 2.05) is 37.3 Å². The number of nitrogens with zero attached hydrogens (tertiary/aromatic N) is 3. The quantitative estimate of drug-likeness (QED) is 0.316. The van der Waals surface area contributed by atoms with Gasteiger partial charge in [0.1, 0.15) is 11.6 Å². The van der Waals surface area contributed by atoms with Crippen LogP contribution in [0, 0.1) is 5.82 Å². The highest BCUT2D eigenvalue weighted by Crippen LogP contribution is 2.29. The number of unbranched alkanes of at least 4 members (excludes halogenated alkanes) is 1. The van der Waals surface area contributed by atoms with Crippen molar-refractivity contribution in [1.82, 2.24) is 14.5 Å². The normalized spacial score (nSPS) is 12.4. The lowest BCUT2D eigenvalue weighted by Crippen LogP contribution is -2.35. The molecular weight excluding hydrogens is 509 g/mol. The number of aromatic nitrogens is 3. The van der Waals surface area contributed by atoms with E-state index in [2.05, 4.69) is 9.97 Å². The van der Waals surface area contributed by atoms with Gasteiger partial charge >= 0.3 is 0 Å². The first-order chi connectivity index (χ1) is 18.3. The highest BCUT2D eigenvalue weighted by atomic mass is 32.2. The van der Waals surface area contributed by atoms with Crippen LogP contribution in [-0.2, 0) is 21.0 Å². The van der Waals surface area contributed by atoms with E-state index in [9.17, 15) is 22.7 Å². The molecule has 8 nitrogen and oxygen atoms in total. The summed E-state index contributed by atoms with van der Waals surface area (Å²) in [5.74, 6) is -1.10. The molecule has 38 heavy (non-hydrogen) atoms. The van der Waals surface area contributed by atoms with Crippen molar-refractivity contribution in [2.75, 3.05) is 13.7 Å². The minimum Gasteiger partial charge on any atom is -0.492 e. The molecule has 0 aliphatic carbocycles.